The summed E-state index contributed by atoms with van der Waals surface area (Å²) in [5.41, 5.74) is -0.0448. The van der Waals surface area contributed by atoms with Crippen molar-refractivity contribution < 1.29 is 9.84 Å². The number of hydrogen-bond donors (Lipinski definition) is 1. The Morgan fingerprint density at radius 3 is 2.82 bits per heavy atom. The van der Waals surface area contributed by atoms with Gasteiger partial charge in [0.1, 0.15) is 0 Å². The van der Waals surface area contributed by atoms with E-state index in [2.05, 4.69) is 23.9 Å². The van der Waals surface area contributed by atoms with Gasteiger partial charge in [-0.25, -0.2) is 0 Å². The highest BCUT2D eigenvalue weighted by Gasteiger charge is 2.37. The maximum Gasteiger partial charge on any atom is 0.0702 e. The van der Waals surface area contributed by atoms with E-state index < -0.39 is 0 Å². The van der Waals surface area contributed by atoms with E-state index in [1.165, 1.54) is 19.3 Å². The van der Waals surface area contributed by atoms with Gasteiger partial charge in [-0.15, -0.1) is 0 Å². The van der Waals surface area contributed by atoms with Gasteiger partial charge in [-0.1, -0.05) is 0 Å². The molecule has 4 heteroatoms. The lowest BCUT2D eigenvalue weighted by Crippen LogP contribution is -2.59. The SMILES string of the molecule is CN(C)C1(CO)CCCN(CC2CCCO2)C1. The second kappa shape index (κ2) is 5.65. The van der Waals surface area contributed by atoms with E-state index in [0.29, 0.717) is 6.10 Å². The van der Waals surface area contributed by atoms with E-state index in [4.69, 9.17) is 4.74 Å². The molecule has 0 bridgehead atoms. The van der Waals surface area contributed by atoms with Crippen molar-refractivity contribution in [2.45, 2.75) is 37.3 Å². The summed E-state index contributed by atoms with van der Waals surface area (Å²) in [7, 11) is 4.15. The molecule has 0 aliphatic carbocycles. The van der Waals surface area contributed by atoms with Gasteiger partial charge in [0.25, 0.3) is 0 Å². The van der Waals surface area contributed by atoms with Crippen LogP contribution in [0.2, 0.25) is 0 Å². The molecule has 2 fully saturated rings. The van der Waals surface area contributed by atoms with Crippen molar-refractivity contribution >= 4 is 0 Å². The lowest BCUT2D eigenvalue weighted by molar-refractivity contribution is -0.0174. The fourth-order valence-corrected chi connectivity index (χ4v) is 3.07. The van der Waals surface area contributed by atoms with Gasteiger partial charge < -0.3 is 14.7 Å². The third-order valence-electron chi connectivity index (χ3n) is 4.36. The van der Waals surface area contributed by atoms with Crippen LogP contribution in [-0.4, -0.2) is 73.5 Å². The van der Waals surface area contributed by atoms with Gasteiger partial charge in [-0.3, -0.25) is 4.90 Å². The number of likely N-dealkylation sites (tertiary alicyclic amines) is 1. The van der Waals surface area contributed by atoms with Crippen LogP contribution in [0.3, 0.4) is 0 Å². The molecule has 0 saturated carbocycles. The first-order valence-corrected chi connectivity index (χ1v) is 6.78. The Hall–Kier alpha value is -0.160. The lowest BCUT2D eigenvalue weighted by Gasteiger charge is -2.46. The summed E-state index contributed by atoms with van der Waals surface area (Å²) in [4.78, 5) is 4.66. The van der Waals surface area contributed by atoms with E-state index in [1.54, 1.807) is 0 Å². The van der Waals surface area contributed by atoms with Crippen LogP contribution in [0.25, 0.3) is 0 Å². The molecule has 2 unspecified atom stereocenters. The van der Waals surface area contributed by atoms with E-state index >= 15 is 0 Å². The Balaban J connectivity index is 1.91. The number of aliphatic hydroxyl groups excluding tert-OH is 1. The highest BCUT2D eigenvalue weighted by Crippen LogP contribution is 2.26. The standard InChI is InChI=1S/C13H26N2O2/c1-14(2)13(11-16)6-4-7-15(10-13)9-12-5-3-8-17-12/h12,16H,3-11H2,1-2H3. The number of hydrogen-bond acceptors (Lipinski definition) is 4. The zero-order valence-electron chi connectivity index (χ0n) is 11.2. The van der Waals surface area contributed by atoms with Crippen molar-refractivity contribution in [3.8, 4) is 0 Å². The van der Waals surface area contributed by atoms with Crippen LogP contribution in [0.4, 0.5) is 0 Å². The Labute approximate surface area is 105 Å². The highest BCUT2D eigenvalue weighted by atomic mass is 16.5. The predicted molar refractivity (Wildman–Crippen MR) is 68.2 cm³/mol. The van der Waals surface area contributed by atoms with E-state index in [0.717, 1.165) is 32.7 Å². The molecule has 2 heterocycles. The van der Waals surface area contributed by atoms with Crippen LogP contribution in [0.5, 0.6) is 0 Å². The van der Waals surface area contributed by atoms with Gasteiger partial charge in [0.15, 0.2) is 0 Å². The monoisotopic (exact) mass is 242 g/mol. The van der Waals surface area contributed by atoms with E-state index in [1.807, 2.05) is 0 Å². The highest BCUT2D eigenvalue weighted by molar-refractivity contribution is 4.94. The van der Waals surface area contributed by atoms with E-state index in [9.17, 15) is 5.11 Å². The Kier molecular flexibility index (Phi) is 4.42. The summed E-state index contributed by atoms with van der Waals surface area (Å²) in [5, 5.41) is 9.69. The van der Waals surface area contributed by atoms with Gasteiger partial charge in [-0.05, 0) is 46.3 Å². The lowest BCUT2D eigenvalue weighted by atomic mass is 9.88. The van der Waals surface area contributed by atoms with Crippen molar-refractivity contribution in [1.82, 2.24) is 9.80 Å². The fourth-order valence-electron chi connectivity index (χ4n) is 3.07. The molecule has 4 nitrogen and oxygen atoms in total. The molecule has 17 heavy (non-hydrogen) atoms. The quantitative estimate of drug-likeness (QED) is 0.781. The first-order valence-electron chi connectivity index (χ1n) is 6.78. The summed E-state index contributed by atoms with van der Waals surface area (Å²) in [6, 6.07) is 0. The minimum absolute atomic E-state index is 0.0448. The normalized spacial score (nSPS) is 35.6. The smallest absolute Gasteiger partial charge is 0.0702 e. The topological polar surface area (TPSA) is 35.9 Å². The van der Waals surface area contributed by atoms with Crippen molar-refractivity contribution in [2.75, 3.05) is 46.9 Å². The predicted octanol–water partition coefficient (Wildman–Crippen LogP) is 0.554. The van der Waals surface area contributed by atoms with Gasteiger partial charge in [0.2, 0.25) is 0 Å². The van der Waals surface area contributed by atoms with Crippen LogP contribution in [0.1, 0.15) is 25.7 Å². The molecule has 0 spiro atoms. The largest absolute Gasteiger partial charge is 0.394 e. The van der Waals surface area contributed by atoms with Gasteiger partial charge in [-0.2, -0.15) is 0 Å². The second-order valence-electron chi connectivity index (χ2n) is 5.75. The summed E-state index contributed by atoms with van der Waals surface area (Å²) < 4.78 is 5.70. The summed E-state index contributed by atoms with van der Waals surface area (Å²) >= 11 is 0. The third-order valence-corrected chi connectivity index (χ3v) is 4.36. The maximum absolute atomic E-state index is 9.69. The van der Waals surface area contributed by atoms with Crippen molar-refractivity contribution in [2.24, 2.45) is 0 Å². The van der Waals surface area contributed by atoms with Crippen LogP contribution in [0.15, 0.2) is 0 Å². The third kappa shape index (κ3) is 2.99. The molecule has 2 aliphatic heterocycles. The minimum Gasteiger partial charge on any atom is -0.394 e. The molecule has 2 rings (SSSR count). The van der Waals surface area contributed by atoms with Crippen molar-refractivity contribution in [1.29, 1.82) is 0 Å². The molecule has 2 atom stereocenters. The average molecular weight is 242 g/mol. The van der Waals surface area contributed by atoms with E-state index in [-0.39, 0.29) is 12.1 Å². The average Bonchev–Trinajstić information content (AvgIpc) is 2.82. The maximum atomic E-state index is 9.69. The summed E-state index contributed by atoms with van der Waals surface area (Å²) in [6.45, 7) is 4.33. The minimum atomic E-state index is -0.0448. The zero-order chi connectivity index (χ0) is 12.3. The zero-order valence-corrected chi connectivity index (χ0v) is 11.2. The van der Waals surface area contributed by atoms with Gasteiger partial charge in [0, 0.05) is 19.7 Å². The Bertz CT molecular complexity index is 242. The molecule has 0 aromatic heterocycles. The summed E-state index contributed by atoms with van der Waals surface area (Å²) in [6.07, 6.45) is 5.10. The van der Waals surface area contributed by atoms with Crippen molar-refractivity contribution in [3.05, 3.63) is 0 Å². The summed E-state index contributed by atoms with van der Waals surface area (Å²) in [5.74, 6) is 0. The molecular weight excluding hydrogens is 216 g/mol. The Morgan fingerprint density at radius 2 is 2.24 bits per heavy atom. The second-order valence-corrected chi connectivity index (χ2v) is 5.75. The number of piperidine rings is 1. The van der Waals surface area contributed by atoms with Crippen LogP contribution in [0, 0.1) is 0 Å². The number of ether oxygens (including phenoxy) is 1. The molecule has 0 aromatic rings. The molecule has 100 valence electrons. The molecule has 0 amide bonds. The molecule has 2 aliphatic rings. The molecule has 0 radical (unpaired) electrons. The Morgan fingerprint density at radius 1 is 1.41 bits per heavy atom. The van der Waals surface area contributed by atoms with Gasteiger partial charge in [0.05, 0.1) is 18.2 Å². The number of nitrogens with zero attached hydrogens (tertiary/aromatic N) is 2. The fraction of sp³-hybridized carbons (Fsp3) is 1.00. The van der Waals surface area contributed by atoms with Crippen LogP contribution < -0.4 is 0 Å². The number of likely N-dealkylation sites (N-methyl/N-ethyl adjacent to an activating group) is 1. The molecule has 1 N–H and O–H groups in total. The molecular formula is C13H26N2O2. The first-order chi connectivity index (χ1) is 8.16. The van der Waals surface area contributed by atoms with Crippen LogP contribution in [-0.2, 0) is 4.74 Å². The van der Waals surface area contributed by atoms with Crippen LogP contribution >= 0.6 is 0 Å². The number of rotatable bonds is 4. The van der Waals surface area contributed by atoms with Crippen molar-refractivity contribution in [3.63, 3.8) is 0 Å². The first kappa shape index (κ1) is 13.3. The van der Waals surface area contributed by atoms with Gasteiger partial charge >= 0.3 is 0 Å². The molecule has 0 aromatic carbocycles. The molecule has 2 saturated heterocycles. The number of aliphatic hydroxyl groups is 1.